The van der Waals surface area contributed by atoms with Gasteiger partial charge in [0.05, 0.1) is 23.1 Å². The van der Waals surface area contributed by atoms with Crippen LogP contribution in [0.3, 0.4) is 0 Å². The number of aromatic nitrogens is 3. The summed E-state index contributed by atoms with van der Waals surface area (Å²) in [6.07, 6.45) is 1.87. The van der Waals surface area contributed by atoms with E-state index in [1.165, 1.54) is 12.5 Å². The molecule has 0 fully saturated rings. The Morgan fingerprint density at radius 1 is 1.06 bits per heavy atom. The summed E-state index contributed by atoms with van der Waals surface area (Å²) in [5.74, 6) is 1.38. The predicted molar refractivity (Wildman–Crippen MR) is 135 cm³/mol. The van der Waals surface area contributed by atoms with Gasteiger partial charge < -0.3 is 15.0 Å². The molecule has 4 rings (SSSR count). The van der Waals surface area contributed by atoms with Gasteiger partial charge in [0, 0.05) is 38.7 Å². The summed E-state index contributed by atoms with van der Waals surface area (Å²) in [5, 5.41) is 3.59. The van der Waals surface area contributed by atoms with Crippen LogP contribution >= 0.6 is 0 Å². The maximum Gasteiger partial charge on any atom is 0.302 e. The standard InChI is InChI=1S/C27H33N5O2/c1-7-21-25(19-13-14-24(32(5)6)28-16(19)3)29-22(8-2)27(30-21)31-26-20-12-10-9-11-18(20)15-23(26)34-17(4)33/h9-14,23,26H,7-8,15H2,1-6H3,(H,30,31). The van der Waals surface area contributed by atoms with E-state index in [0.29, 0.717) is 6.42 Å². The van der Waals surface area contributed by atoms with Crippen LogP contribution in [-0.4, -0.2) is 41.1 Å². The highest BCUT2D eigenvalue weighted by Crippen LogP contribution is 2.37. The number of fused-ring (bicyclic) bond motifs is 1. The quantitative estimate of drug-likeness (QED) is 0.514. The van der Waals surface area contributed by atoms with Crippen molar-refractivity contribution in [3.05, 3.63) is 64.6 Å². The Bertz CT molecular complexity index is 1210. The molecule has 0 saturated heterocycles. The molecule has 7 heteroatoms. The van der Waals surface area contributed by atoms with E-state index >= 15 is 0 Å². The molecule has 0 amide bonds. The zero-order valence-corrected chi connectivity index (χ0v) is 20.8. The lowest BCUT2D eigenvalue weighted by Gasteiger charge is -2.24. The number of nitrogens with one attached hydrogen (secondary N) is 1. The third-order valence-electron chi connectivity index (χ3n) is 6.29. The van der Waals surface area contributed by atoms with Crippen LogP contribution in [0.15, 0.2) is 36.4 Å². The van der Waals surface area contributed by atoms with Crippen molar-refractivity contribution in [2.24, 2.45) is 0 Å². The van der Waals surface area contributed by atoms with Crippen molar-refractivity contribution < 1.29 is 9.53 Å². The van der Waals surface area contributed by atoms with E-state index in [9.17, 15) is 4.79 Å². The van der Waals surface area contributed by atoms with Gasteiger partial charge in [-0.05, 0) is 43.0 Å². The smallest absolute Gasteiger partial charge is 0.302 e. The Morgan fingerprint density at radius 2 is 1.79 bits per heavy atom. The van der Waals surface area contributed by atoms with Crippen molar-refractivity contribution >= 4 is 17.6 Å². The molecule has 3 aromatic rings. The molecule has 34 heavy (non-hydrogen) atoms. The van der Waals surface area contributed by atoms with Crippen molar-refractivity contribution in [1.82, 2.24) is 15.0 Å². The topological polar surface area (TPSA) is 80.2 Å². The SMILES string of the molecule is CCc1nc(-c2ccc(N(C)C)nc2C)c(CC)nc1NC1c2ccccc2CC1OC(C)=O. The van der Waals surface area contributed by atoms with Gasteiger partial charge in [0.1, 0.15) is 17.7 Å². The van der Waals surface area contributed by atoms with Crippen LogP contribution in [0.1, 0.15) is 55.0 Å². The second-order valence-corrected chi connectivity index (χ2v) is 8.89. The highest BCUT2D eigenvalue weighted by molar-refractivity contribution is 5.68. The number of nitrogens with zero attached hydrogens (tertiary/aromatic N) is 4. The van der Waals surface area contributed by atoms with Gasteiger partial charge in [-0.2, -0.15) is 0 Å². The Hall–Kier alpha value is -3.48. The third-order valence-corrected chi connectivity index (χ3v) is 6.29. The number of esters is 1. The van der Waals surface area contributed by atoms with E-state index in [1.54, 1.807) is 0 Å². The molecule has 0 saturated carbocycles. The number of carbonyl (C=O) groups is 1. The molecule has 2 unspecified atom stereocenters. The number of carbonyl (C=O) groups excluding carboxylic acids is 1. The zero-order chi connectivity index (χ0) is 24.4. The summed E-state index contributed by atoms with van der Waals surface area (Å²) in [6, 6.07) is 12.1. The molecule has 1 aliphatic carbocycles. The zero-order valence-electron chi connectivity index (χ0n) is 20.8. The number of anilines is 2. The van der Waals surface area contributed by atoms with Crippen molar-refractivity contribution in [3.63, 3.8) is 0 Å². The van der Waals surface area contributed by atoms with Crippen molar-refractivity contribution in [2.75, 3.05) is 24.3 Å². The fourth-order valence-corrected chi connectivity index (χ4v) is 4.58. The Morgan fingerprint density at radius 3 is 2.44 bits per heavy atom. The third kappa shape index (κ3) is 4.60. The predicted octanol–water partition coefficient (Wildman–Crippen LogP) is 4.68. The van der Waals surface area contributed by atoms with Gasteiger partial charge in [-0.15, -0.1) is 0 Å². The van der Waals surface area contributed by atoms with E-state index < -0.39 is 0 Å². The van der Waals surface area contributed by atoms with E-state index in [-0.39, 0.29) is 18.1 Å². The Labute approximate surface area is 201 Å². The van der Waals surface area contributed by atoms with Crippen molar-refractivity contribution in [3.8, 4) is 11.3 Å². The Balaban J connectivity index is 1.74. The van der Waals surface area contributed by atoms with Gasteiger partial charge in [-0.25, -0.2) is 15.0 Å². The molecule has 1 aliphatic rings. The molecule has 2 aromatic heterocycles. The lowest BCUT2D eigenvalue weighted by molar-refractivity contribution is -0.146. The summed E-state index contributed by atoms with van der Waals surface area (Å²) in [6.45, 7) is 7.64. The monoisotopic (exact) mass is 459 g/mol. The molecular weight excluding hydrogens is 426 g/mol. The average molecular weight is 460 g/mol. The molecule has 1 N–H and O–H groups in total. The first-order valence-electron chi connectivity index (χ1n) is 11.9. The minimum atomic E-state index is -0.281. The van der Waals surface area contributed by atoms with Crippen LogP contribution in [0.2, 0.25) is 0 Å². The normalized spacial score (nSPS) is 16.8. The molecule has 7 nitrogen and oxygen atoms in total. The summed E-state index contributed by atoms with van der Waals surface area (Å²) in [4.78, 5) is 28.6. The lowest BCUT2D eigenvalue weighted by atomic mass is 10.1. The van der Waals surface area contributed by atoms with Gasteiger partial charge in [-0.1, -0.05) is 38.1 Å². The second kappa shape index (κ2) is 9.79. The summed E-state index contributed by atoms with van der Waals surface area (Å²) >= 11 is 0. The summed E-state index contributed by atoms with van der Waals surface area (Å²) in [5.41, 5.74) is 6.93. The van der Waals surface area contributed by atoms with Gasteiger partial charge in [0.25, 0.3) is 0 Å². The van der Waals surface area contributed by atoms with E-state index in [1.807, 2.05) is 44.1 Å². The summed E-state index contributed by atoms with van der Waals surface area (Å²) < 4.78 is 5.69. The second-order valence-electron chi connectivity index (χ2n) is 8.89. The molecule has 2 atom stereocenters. The van der Waals surface area contributed by atoms with Crippen LogP contribution < -0.4 is 10.2 Å². The van der Waals surface area contributed by atoms with E-state index in [2.05, 4.69) is 37.4 Å². The maximum atomic E-state index is 11.8. The minimum Gasteiger partial charge on any atom is -0.460 e. The largest absolute Gasteiger partial charge is 0.460 e. The molecular formula is C27H33N5O2. The fraction of sp³-hybridized carbons (Fsp3) is 0.407. The van der Waals surface area contributed by atoms with Crippen molar-refractivity contribution in [1.29, 1.82) is 0 Å². The van der Waals surface area contributed by atoms with Crippen LogP contribution in [0, 0.1) is 6.92 Å². The van der Waals surface area contributed by atoms with Gasteiger partial charge in [-0.3, -0.25) is 4.79 Å². The molecule has 178 valence electrons. The number of hydrogen-bond acceptors (Lipinski definition) is 7. The summed E-state index contributed by atoms with van der Waals surface area (Å²) in [7, 11) is 3.97. The molecule has 0 bridgehead atoms. The highest BCUT2D eigenvalue weighted by Gasteiger charge is 2.35. The number of hydrogen-bond donors (Lipinski definition) is 1. The molecule has 1 aromatic carbocycles. The first kappa shape index (κ1) is 23.7. The number of rotatable bonds is 7. The van der Waals surface area contributed by atoms with Crippen LogP contribution in [-0.2, 0) is 28.8 Å². The number of pyridine rings is 1. The van der Waals surface area contributed by atoms with E-state index in [0.717, 1.165) is 58.4 Å². The van der Waals surface area contributed by atoms with Crippen LogP contribution in [0.5, 0.6) is 0 Å². The number of aryl methyl sites for hydroxylation is 3. The van der Waals surface area contributed by atoms with Gasteiger partial charge in [0.2, 0.25) is 0 Å². The number of ether oxygens (including phenoxy) is 1. The molecule has 0 spiro atoms. The van der Waals surface area contributed by atoms with Gasteiger partial charge in [0.15, 0.2) is 0 Å². The Kier molecular flexibility index (Phi) is 6.82. The maximum absolute atomic E-state index is 11.8. The van der Waals surface area contributed by atoms with Gasteiger partial charge >= 0.3 is 5.97 Å². The average Bonchev–Trinajstić information content (AvgIpc) is 3.15. The molecule has 2 heterocycles. The van der Waals surface area contributed by atoms with Crippen LogP contribution in [0.4, 0.5) is 11.6 Å². The first-order valence-corrected chi connectivity index (χ1v) is 11.9. The van der Waals surface area contributed by atoms with Crippen molar-refractivity contribution in [2.45, 2.75) is 59.1 Å². The van der Waals surface area contributed by atoms with Crippen LogP contribution in [0.25, 0.3) is 11.3 Å². The fourth-order valence-electron chi connectivity index (χ4n) is 4.58. The highest BCUT2D eigenvalue weighted by atomic mass is 16.5. The lowest BCUT2D eigenvalue weighted by Crippen LogP contribution is -2.27. The number of benzene rings is 1. The van der Waals surface area contributed by atoms with E-state index in [4.69, 9.17) is 19.7 Å². The minimum absolute atomic E-state index is 0.168. The first-order chi connectivity index (χ1) is 16.3. The molecule has 0 radical (unpaired) electrons. The molecule has 0 aliphatic heterocycles.